The molecule has 59 heavy (non-hydrogen) atoms. The third-order valence-corrected chi connectivity index (χ3v) is 17.1. The maximum Gasteiger partial charge on any atom is 0.0544 e. The molecular formula is C54H51Br3N2. The molecule has 0 atom stereocenters. The van der Waals surface area contributed by atoms with Crippen LogP contribution in [-0.4, -0.2) is 0 Å². The van der Waals surface area contributed by atoms with Crippen molar-refractivity contribution >= 4 is 81.9 Å². The van der Waals surface area contributed by atoms with Crippen molar-refractivity contribution in [3.8, 4) is 0 Å². The highest BCUT2D eigenvalue weighted by Gasteiger charge is 2.53. The van der Waals surface area contributed by atoms with Crippen molar-refractivity contribution in [2.45, 2.75) is 116 Å². The Bertz CT molecular complexity index is 2470. The van der Waals surface area contributed by atoms with E-state index in [2.05, 4.69) is 232 Å². The van der Waals surface area contributed by atoms with E-state index in [1.165, 1.54) is 101 Å². The molecule has 0 fully saturated rings. The summed E-state index contributed by atoms with van der Waals surface area (Å²) in [7, 11) is 0. The van der Waals surface area contributed by atoms with Crippen LogP contribution in [0.3, 0.4) is 0 Å². The molecule has 6 heterocycles. The molecule has 0 radical (unpaired) electrons. The second kappa shape index (κ2) is 11.4. The van der Waals surface area contributed by atoms with E-state index in [4.69, 9.17) is 0 Å². The molecule has 0 spiro atoms. The summed E-state index contributed by atoms with van der Waals surface area (Å²) >= 11 is 11.5. The largest absolute Gasteiger partial charge is 0.309 e. The van der Waals surface area contributed by atoms with Crippen molar-refractivity contribution in [1.29, 1.82) is 0 Å². The normalized spacial score (nSPS) is 20.2. The molecule has 5 heteroatoms. The van der Waals surface area contributed by atoms with Gasteiger partial charge in [0.25, 0.3) is 0 Å². The molecule has 0 saturated heterocycles. The minimum absolute atomic E-state index is 0.0108. The predicted octanol–water partition coefficient (Wildman–Crippen LogP) is 16.4. The molecule has 0 amide bonds. The number of rotatable bonds is 0. The topological polar surface area (TPSA) is 6.48 Å². The number of para-hydroxylation sites is 3. The van der Waals surface area contributed by atoms with Crippen LogP contribution in [-0.2, 0) is 32.5 Å². The lowest BCUT2D eigenvalue weighted by atomic mass is 9.61. The molecule has 298 valence electrons. The zero-order valence-corrected chi connectivity index (χ0v) is 40.9. The lowest BCUT2D eigenvalue weighted by Gasteiger charge is -2.55. The van der Waals surface area contributed by atoms with Gasteiger partial charge in [-0.25, -0.2) is 0 Å². The minimum atomic E-state index is -0.102. The summed E-state index contributed by atoms with van der Waals surface area (Å²) in [5.41, 5.74) is 25.1. The smallest absolute Gasteiger partial charge is 0.0544 e. The minimum Gasteiger partial charge on any atom is -0.309 e. The molecule has 0 aromatic heterocycles. The van der Waals surface area contributed by atoms with E-state index >= 15 is 0 Å². The van der Waals surface area contributed by atoms with Crippen molar-refractivity contribution in [2.75, 3.05) is 9.80 Å². The molecule has 6 aliphatic heterocycles. The van der Waals surface area contributed by atoms with E-state index in [1.807, 2.05) is 0 Å². The third-order valence-electron chi connectivity index (χ3n) is 15.8. The molecule has 0 bridgehead atoms. The van der Waals surface area contributed by atoms with Gasteiger partial charge in [-0.2, -0.15) is 0 Å². The number of benzene rings is 6. The van der Waals surface area contributed by atoms with Crippen molar-refractivity contribution in [2.24, 2.45) is 0 Å². The Morgan fingerprint density at radius 3 is 0.610 bits per heavy atom. The molecular weight excluding hydrogens is 916 g/mol. The Hall–Kier alpha value is -3.64. The van der Waals surface area contributed by atoms with Crippen molar-refractivity contribution in [3.63, 3.8) is 0 Å². The average Bonchev–Trinajstić information content (AvgIpc) is 3.16. The molecule has 6 aliphatic rings. The highest BCUT2D eigenvalue weighted by Crippen LogP contribution is 2.68. The Morgan fingerprint density at radius 1 is 0.271 bits per heavy atom. The van der Waals surface area contributed by atoms with Gasteiger partial charge in [-0.3, -0.25) is 0 Å². The van der Waals surface area contributed by atoms with Crippen LogP contribution in [0.1, 0.15) is 150 Å². The first kappa shape index (κ1) is 38.3. The average molecular weight is 968 g/mol. The number of anilines is 6. The van der Waals surface area contributed by atoms with E-state index in [1.54, 1.807) is 0 Å². The second-order valence-electron chi connectivity index (χ2n) is 21.1. The molecule has 6 aromatic carbocycles. The monoisotopic (exact) mass is 964 g/mol. The van der Waals surface area contributed by atoms with E-state index < -0.39 is 0 Å². The van der Waals surface area contributed by atoms with Crippen LogP contribution < -0.4 is 9.80 Å². The second-order valence-corrected chi connectivity index (χ2v) is 23.8. The molecule has 2 nitrogen and oxygen atoms in total. The van der Waals surface area contributed by atoms with Crippen LogP contribution in [0.4, 0.5) is 34.1 Å². The first-order valence-electron chi connectivity index (χ1n) is 21.1. The van der Waals surface area contributed by atoms with Crippen molar-refractivity contribution < 1.29 is 0 Å². The molecule has 0 N–H and O–H groups in total. The van der Waals surface area contributed by atoms with Gasteiger partial charge in [0.15, 0.2) is 0 Å². The summed E-state index contributed by atoms with van der Waals surface area (Å²) in [6.07, 6.45) is 0. The predicted molar refractivity (Wildman–Crippen MR) is 258 cm³/mol. The summed E-state index contributed by atoms with van der Waals surface area (Å²) in [5, 5.41) is 0. The summed E-state index contributed by atoms with van der Waals surface area (Å²) < 4.78 is 3.45. The van der Waals surface area contributed by atoms with Gasteiger partial charge in [-0.1, -0.05) is 185 Å². The molecule has 6 aromatic rings. The fourth-order valence-electron chi connectivity index (χ4n) is 12.3. The maximum atomic E-state index is 3.85. The first-order valence-corrected chi connectivity index (χ1v) is 23.5. The van der Waals surface area contributed by atoms with E-state index in [0.717, 1.165) is 13.4 Å². The van der Waals surface area contributed by atoms with Gasteiger partial charge in [0, 0.05) is 45.9 Å². The van der Waals surface area contributed by atoms with Crippen LogP contribution in [0.2, 0.25) is 0 Å². The van der Waals surface area contributed by atoms with E-state index in [-0.39, 0.29) is 32.5 Å². The van der Waals surface area contributed by atoms with Crippen LogP contribution in [0.25, 0.3) is 0 Å². The number of halogens is 3. The zero-order valence-electron chi connectivity index (χ0n) is 36.2. The number of nitrogens with zero attached hydrogens (tertiary/aromatic N) is 2. The van der Waals surface area contributed by atoms with Crippen LogP contribution in [0.15, 0.2) is 104 Å². The molecule has 12 rings (SSSR count). The van der Waals surface area contributed by atoms with Crippen LogP contribution >= 0.6 is 47.8 Å². The van der Waals surface area contributed by atoms with Crippen LogP contribution in [0, 0.1) is 0 Å². The van der Waals surface area contributed by atoms with Gasteiger partial charge in [-0.15, -0.1) is 0 Å². The Morgan fingerprint density at radius 2 is 0.424 bits per heavy atom. The standard InChI is InChI=1S/C27H24Br3N.C27H27N/c1-25(2)16-7-13(28)9-18-22(16)31-23-17(25)8-14(29)10-19(23)27(5,6)21-12-15(30)11-20(24(21)31)26(18,3)4;1-25(2)16-10-7-12-18-22(16)28-23-17(25)11-8-13-19(23)27(5,6)21-15-9-14-20(24(21)28)26(18,3)4/h7-12H,1-6H3;7-15H,1-6H3. The third kappa shape index (κ3) is 4.48. The highest BCUT2D eigenvalue weighted by molar-refractivity contribution is 9.11. The summed E-state index contributed by atoms with van der Waals surface area (Å²) in [6, 6.07) is 34.9. The first-order chi connectivity index (χ1) is 27.5. The van der Waals surface area contributed by atoms with Gasteiger partial charge in [0.2, 0.25) is 0 Å². The number of hydrogen-bond donors (Lipinski definition) is 0. The quantitative estimate of drug-likeness (QED) is 0.150. The fourth-order valence-corrected chi connectivity index (χ4v) is 13.7. The highest BCUT2D eigenvalue weighted by atomic mass is 79.9. The van der Waals surface area contributed by atoms with Crippen molar-refractivity contribution in [1.82, 2.24) is 0 Å². The molecule has 0 saturated carbocycles. The Kier molecular flexibility index (Phi) is 7.42. The van der Waals surface area contributed by atoms with Gasteiger partial charge in [0.1, 0.15) is 0 Å². The lowest BCUT2D eigenvalue weighted by molar-refractivity contribution is 0.565. The molecule has 0 unspecified atom stereocenters. The van der Waals surface area contributed by atoms with Gasteiger partial charge in [0.05, 0.1) is 34.1 Å². The SMILES string of the molecule is CC1(C)c2cc(Br)cc3c2N2c4c1cc(Br)cc4C(C)(C)c1cc(Br)cc(c12)C3(C)C.CC1(C)c2cccc3c2N2c4c1cccc4C(C)(C)c1cccc(c12)C3(C)C. The summed E-state index contributed by atoms with van der Waals surface area (Å²) in [5.74, 6) is 0. The van der Waals surface area contributed by atoms with Gasteiger partial charge < -0.3 is 9.80 Å². The fraction of sp³-hybridized carbons (Fsp3) is 0.333. The summed E-state index contributed by atoms with van der Waals surface area (Å²) in [6.45, 7) is 28.6. The van der Waals surface area contributed by atoms with Gasteiger partial charge in [-0.05, 0) is 103 Å². The number of hydrogen-bond acceptors (Lipinski definition) is 2. The van der Waals surface area contributed by atoms with Crippen molar-refractivity contribution in [3.05, 3.63) is 171 Å². The Balaban J connectivity index is 0.000000135. The molecule has 0 aliphatic carbocycles. The lowest BCUT2D eigenvalue weighted by Crippen LogP contribution is -2.43. The van der Waals surface area contributed by atoms with E-state index in [0.29, 0.717) is 0 Å². The van der Waals surface area contributed by atoms with E-state index in [9.17, 15) is 0 Å². The maximum absolute atomic E-state index is 3.85. The summed E-state index contributed by atoms with van der Waals surface area (Å²) in [4.78, 5) is 5.20. The Labute approximate surface area is 375 Å². The zero-order chi connectivity index (χ0) is 41.9. The van der Waals surface area contributed by atoms with Gasteiger partial charge >= 0.3 is 0 Å². The van der Waals surface area contributed by atoms with Crippen LogP contribution in [0.5, 0.6) is 0 Å².